The lowest BCUT2D eigenvalue weighted by molar-refractivity contribution is 0.461. The molecule has 58 heavy (non-hydrogen) atoms. The zero-order valence-electron chi connectivity index (χ0n) is 32.2. The van der Waals surface area contributed by atoms with Crippen LogP contribution < -0.4 is 10.9 Å². The van der Waals surface area contributed by atoms with Crippen molar-refractivity contribution in [3.63, 3.8) is 0 Å². The summed E-state index contributed by atoms with van der Waals surface area (Å²) >= 11 is 0. The monoisotopic (exact) mass is 746 g/mol. The molecule has 0 saturated heterocycles. The molecular weight excluding hydrogens is 705 g/mol. The molecule has 0 amide bonds. The summed E-state index contributed by atoms with van der Waals surface area (Å²) in [6.45, 7) is 0. The Morgan fingerprint density at radius 2 is 0.897 bits per heavy atom. The van der Waals surface area contributed by atoms with Crippen LogP contribution in [-0.2, 0) is 5.41 Å². The normalized spacial score (nSPS) is 14.8. The van der Waals surface area contributed by atoms with Gasteiger partial charge in [-0.1, -0.05) is 182 Å². The Balaban J connectivity index is 1.04. The minimum Gasteiger partial charge on any atom is -0.508 e. The maximum atomic E-state index is 11.6. The van der Waals surface area contributed by atoms with E-state index in [0.29, 0.717) is 0 Å². The molecule has 1 aliphatic carbocycles. The Hall–Kier alpha value is -7.04. The van der Waals surface area contributed by atoms with Crippen LogP contribution in [0.1, 0.15) is 39.4 Å². The van der Waals surface area contributed by atoms with Crippen LogP contribution in [0.2, 0.25) is 0 Å². The Morgan fingerprint density at radius 3 is 1.57 bits per heavy atom. The lowest BCUT2D eigenvalue weighted by Gasteiger charge is -2.34. The number of hydrogen-bond acceptors (Lipinski definition) is 3. The first-order chi connectivity index (χ1) is 28.6. The van der Waals surface area contributed by atoms with Gasteiger partial charge in [-0.05, 0) is 120 Å². The third-order valence-corrected chi connectivity index (χ3v) is 11.9. The van der Waals surface area contributed by atoms with Gasteiger partial charge in [0.25, 0.3) is 0 Å². The van der Waals surface area contributed by atoms with E-state index in [2.05, 4.69) is 199 Å². The number of hydrazine groups is 1. The summed E-state index contributed by atoms with van der Waals surface area (Å²) in [5.74, 6) is 0.287. The molecule has 1 aliphatic rings. The van der Waals surface area contributed by atoms with E-state index in [1.54, 1.807) is 0 Å². The molecule has 9 aromatic rings. The molecule has 2 unspecified atom stereocenters. The van der Waals surface area contributed by atoms with Crippen LogP contribution in [0.3, 0.4) is 0 Å². The maximum absolute atomic E-state index is 11.6. The molecule has 0 aliphatic heterocycles. The summed E-state index contributed by atoms with van der Waals surface area (Å²) in [6, 6.07) is 75.7. The van der Waals surface area contributed by atoms with Gasteiger partial charge in [-0.3, -0.25) is 5.43 Å². The maximum Gasteiger partial charge on any atom is 0.120 e. The van der Waals surface area contributed by atoms with Gasteiger partial charge in [-0.15, -0.1) is 0 Å². The van der Waals surface area contributed by atoms with Crippen LogP contribution in [0.25, 0.3) is 55.3 Å². The van der Waals surface area contributed by atoms with Crippen molar-refractivity contribution in [3.8, 4) is 50.3 Å². The summed E-state index contributed by atoms with van der Waals surface area (Å²) in [4.78, 5) is 0. The first-order valence-corrected chi connectivity index (χ1v) is 19.9. The average Bonchev–Trinajstić information content (AvgIpc) is 3.57. The number of benzene rings is 9. The molecule has 3 nitrogen and oxygen atoms in total. The predicted molar refractivity (Wildman–Crippen MR) is 240 cm³/mol. The summed E-state index contributed by atoms with van der Waals surface area (Å²) in [5, 5.41) is 14.0. The number of fused-ring (bicyclic) bond motifs is 4. The van der Waals surface area contributed by atoms with Crippen LogP contribution >= 0.6 is 0 Å². The van der Waals surface area contributed by atoms with Crippen molar-refractivity contribution in [1.29, 1.82) is 0 Å². The number of aromatic hydroxyl groups is 1. The second-order valence-electron chi connectivity index (χ2n) is 15.2. The van der Waals surface area contributed by atoms with Gasteiger partial charge in [0, 0.05) is 5.56 Å². The van der Waals surface area contributed by atoms with Gasteiger partial charge >= 0.3 is 0 Å². The minimum atomic E-state index is -0.701. The van der Waals surface area contributed by atoms with Gasteiger partial charge in [0.05, 0.1) is 11.5 Å². The molecule has 10 rings (SSSR count). The van der Waals surface area contributed by atoms with Gasteiger partial charge in [-0.2, -0.15) is 0 Å². The Kier molecular flexibility index (Phi) is 9.03. The quantitative estimate of drug-likeness (QED) is 0.129. The Bertz CT molecular complexity index is 2900. The second kappa shape index (κ2) is 14.8. The molecule has 0 bridgehead atoms. The standard InChI is InChI=1S/C55H42N2O/c1-56-57-54(40-27-23-38(24-28-40)37-13-4-2-5-14-37)41-29-25-39(26-30-41)42-17-12-18-43(33-42)46-31-32-50-48(35-46)49-34-44-15-8-9-16-45(44)36-52(49)55(50,47-19-6-3-7-20-47)51-21-10-11-22-53(51)58/h2-36,54,56-58H,1H3. The van der Waals surface area contributed by atoms with E-state index in [1.165, 1.54) is 55.3 Å². The van der Waals surface area contributed by atoms with E-state index in [1.807, 2.05) is 31.3 Å². The zero-order valence-corrected chi connectivity index (χ0v) is 32.2. The number of hydrogen-bond donors (Lipinski definition) is 3. The van der Waals surface area contributed by atoms with Gasteiger partial charge in [0.15, 0.2) is 0 Å². The smallest absolute Gasteiger partial charge is 0.120 e. The molecule has 9 aromatic carbocycles. The third kappa shape index (κ3) is 6.00. The van der Waals surface area contributed by atoms with Crippen molar-refractivity contribution in [2.45, 2.75) is 11.5 Å². The fourth-order valence-electron chi connectivity index (χ4n) is 9.18. The van der Waals surface area contributed by atoms with Crippen molar-refractivity contribution in [1.82, 2.24) is 10.9 Å². The predicted octanol–water partition coefficient (Wildman–Crippen LogP) is 12.7. The van der Waals surface area contributed by atoms with Crippen molar-refractivity contribution in [3.05, 3.63) is 246 Å². The minimum absolute atomic E-state index is 0.0116. The van der Waals surface area contributed by atoms with Gasteiger partial charge in [0.2, 0.25) is 0 Å². The van der Waals surface area contributed by atoms with E-state index in [0.717, 1.165) is 33.4 Å². The van der Waals surface area contributed by atoms with Crippen molar-refractivity contribution >= 4 is 10.8 Å². The van der Waals surface area contributed by atoms with E-state index in [4.69, 9.17) is 0 Å². The first kappa shape index (κ1) is 35.4. The van der Waals surface area contributed by atoms with Gasteiger partial charge in [0.1, 0.15) is 5.75 Å². The highest BCUT2D eigenvalue weighted by Crippen LogP contribution is 2.59. The van der Waals surface area contributed by atoms with Crippen LogP contribution in [0.4, 0.5) is 0 Å². The fraction of sp³-hybridized carbons (Fsp3) is 0.0545. The van der Waals surface area contributed by atoms with E-state index in [-0.39, 0.29) is 11.8 Å². The summed E-state index contributed by atoms with van der Waals surface area (Å²) in [6.07, 6.45) is 0. The fourth-order valence-corrected chi connectivity index (χ4v) is 9.18. The summed E-state index contributed by atoms with van der Waals surface area (Å²) in [5.41, 5.74) is 22.1. The van der Waals surface area contributed by atoms with Crippen molar-refractivity contribution in [2.75, 3.05) is 7.05 Å². The van der Waals surface area contributed by atoms with Crippen LogP contribution in [0.15, 0.2) is 212 Å². The molecule has 0 spiro atoms. The third-order valence-electron chi connectivity index (χ3n) is 11.9. The molecule has 2 atom stereocenters. The van der Waals surface area contributed by atoms with Crippen LogP contribution in [-0.4, -0.2) is 12.2 Å². The molecule has 278 valence electrons. The number of para-hydroxylation sites is 1. The zero-order chi connectivity index (χ0) is 39.1. The highest BCUT2D eigenvalue weighted by molar-refractivity contribution is 5.97. The molecule has 0 fully saturated rings. The highest BCUT2D eigenvalue weighted by Gasteiger charge is 2.47. The van der Waals surface area contributed by atoms with Crippen LogP contribution in [0, 0.1) is 0 Å². The molecule has 0 aromatic heterocycles. The lowest BCUT2D eigenvalue weighted by atomic mass is 9.67. The summed E-state index contributed by atoms with van der Waals surface area (Å²) in [7, 11) is 1.91. The van der Waals surface area contributed by atoms with Crippen LogP contribution in [0.5, 0.6) is 5.75 Å². The number of nitrogens with one attached hydrogen (secondary N) is 2. The molecular formula is C55H42N2O. The lowest BCUT2D eigenvalue weighted by Crippen LogP contribution is -2.32. The molecule has 3 N–H and O–H groups in total. The van der Waals surface area contributed by atoms with E-state index < -0.39 is 5.41 Å². The molecule has 0 heterocycles. The number of rotatable bonds is 9. The summed E-state index contributed by atoms with van der Waals surface area (Å²) < 4.78 is 0. The number of phenols is 1. The topological polar surface area (TPSA) is 44.3 Å². The second-order valence-corrected chi connectivity index (χ2v) is 15.2. The number of phenolic OH excluding ortho intramolecular Hbond substituents is 1. The van der Waals surface area contributed by atoms with Crippen molar-refractivity contribution < 1.29 is 5.11 Å². The van der Waals surface area contributed by atoms with Gasteiger partial charge in [-0.25, -0.2) is 5.43 Å². The SMILES string of the molecule is CNNC(c1ccc(-c2ccccc2)cc1)c1ccc(-c2cccc(-c3ccc4c(c3)-c3cc5ccccc5cc3C4(c3ccccc3)c3ccccc3O)c2)cc1. The molecule has 0 radical (unpaired) electrons. The van der Waals surface area contributed by atoms with E-state index >= 15 is 0 Å². The van der Waals surface area contributed by atoms with Crippen molar-refractivity contribution in [2.24, 2.45) is 0 Å². The average molecular weight is 747 g/mol. The highest BCUT2D eigenvalue weighted by atomic mass is 16.3. The first-order valence-electron chi connectivity index (χ1n) is 19.9. The molecule has 0 saturated carbocycles. The Labute approximate surface area is 339 Å². The van der Waals surface area contributed by atoms with Gasteiger partial charge < -0.3 is 5.11 Å². The Morgan fingerprint density at radius 1 is 0.397 bits per heavy atom. The van der Waals surface area contributed by atoms with E-state index in [9.17, 15) is 5.11 Å². The largest absolute Gasteiger partial charge is 0.508 e. The molecule has 3 heteroatoms.